The smallest absolute Gasteiger partial charge is 0.0958 e. The van der Waals surface area contributed by atoms with Crippen molar-refractivity contribution in [3.05, 3.63) is 29.6 Å². The van der Waals surface area contributed by atoms with E-state index in [0.29, 0.717) is 19.4 Å². The minimum absolute atomic E-state index is 0.140. The van der Waals surface area contributed by atoms with Gasteiger partial charge in [-0.25, -0.2) is 4.98 Å². The number of benzene rings is 1. The Balaban J connectivity index is 2.28. The van der Waals surface area contributed by atoms with Gasteiger partial charge >= 0.3 is 0 Å². The second-order valence-electron chi connectivity index (χ2n) is 4.84. The first kappa shape index (κ1) is 13.1. The quantitative estimate of drug-likeness (QED) is 0.839. The van der Waals surface area contributed by atoms with Crippen LogP contribution in [0.5, 0.6) is 0 Å². The van der Waals surface area contributed by atoms with Gasteiger partial charge in [0, 0.05) is 13.0 Å². The van der Waals surface area contributed by atoms with Crippen LogP contribution in [0.25, 0.3) is 11.0 Å². The molecule has 0 saturated heterocycles. The molecule has 0 aliphatic rings. The van der Waals surface area contributed by atoms with E-state index >= 15 is 0 Å². The average molecular weight is 252 g/mol. The van der Waals surface area contributed by atoms with E-state index < -0.39 is 0 Å². The van der Waals surface area contributed by atoms with Crippen molar-refractivity contribution in [3.63, 3.8) is 0 Å². The standard InChI is InChI=1S/C15H16N4/c1-11-6-14-15(7-12(11)2)19(10-18-14)9-13(8-17)4-3-5-16/h6-7,10,13H,3-4,9H2,1-2H3/t13-/m0/s1. The summed E-state index contributed by atoms with van der Waals surface area (Å²) >= 11 is 0. The molecule has 1 aromatic carbocycles. The summed E-state index contributed by atoms with van der Waals surface area (Å²) in [5.41, 5.74) is 4.46. The van der Waals surface area contributed by atoms with Gasteiger partial charge < -0.3 is 4.57 Å². The molecule has 0 spiro atoms. The molecule has 0 aliphatic heterocycles. The van der Waals surface area contributed by atoms with Crippen LogP contribution in [0.1, 0.15) is 24.0 Å². The van der Waals surface area contributed by atoms with E-state index in [1.807, 2.05) is 4.57 Å². The van der Waals surface area contributed by atoms with Gasteiger partial charge in [-0.1, -0.05) is 0 Å². The van der Waals surface area contributed by atoms with Crippen molar-refractivity contribution in [2.45, 2.75) is 33.2 Å². The van der Waals surface area contributed by atoms with Crippen molar-refractivity contribution >= 4 is 11.0 Å². The maximum atomic E-state index is 9.13. The number of rotatable bonds is 4. The largest absolute Gasteiger partial charge is 0.329 e. The molecule has 0 amide bonds. The first-order chi connectivity index (χ1) is 9.15. The first-order valence-corrected chi connectivity index (χ1v) is 6.34. The fraction of sp³-hybridized carbons (Fsp3) is 0.400. The SMILES string of the molecule is Cc1cc2ncn(C[C@H](C#N)CCC#N)c2cc1C. The van der Waals surface area contributed by atoms with Gasteiger partial charge in [-0.3, -0.25) is 0 Å². The molecule has 0 aliphatic carbocycles. The summed E-state index contributed by atoms with van der Waals surface area (Å²) in [6, 6.07) is 8.53. The minimum Gasteiger partial charge on any atom is -0.329 e. The number of hydrogen-bond donors (Lipinski definition) is 0. The summed E-state index contributed by atoms with van der Waals surface area (Å²) in [4.78, 5) is 4.38. The number of nitriles is 2. The topological polar surface area (TPSA) is 65.4 Å². The van der Waals surface area contributed by atoms with E-state index in [9.17, 15) is 0 Å². The normalized spacial score (nSPS) is 12.0. The highest BCUT2D eigenvalue weighted by atomic mass is 15.0. The summed E-state index contributed by atoms with van der Waals surface area (Å²) < 4.78 is 2.01. The molecule has 0 radical (unpaired) electrons. The highest BCUT2D eigenvalue weighted by Crippen LogP contribution is 2.20. The van der Waals surface area contributed by atoms with E-state index in [0.717, 1.165) is 11.0 Å². The first-order valence-electron chi connectivity index (χ1n) is 6.34. The van der Waals surface area contributed by atoms with Gasteiger partial charge in [0.2, 0.25) is 0 Å². The Labute approximate surface area is 112 Å². The van der Waals surface area contributed by atoms with Gasteiger partial charge in [-0.2, -0.15) is 10.5 Å². The molecular formula is C15H16N4. The molecule has 4 nitrogen and oxygen atoms in total. The van der Waals surface area contributed by atoms with Crippen LogP contribution in [-0.2, 0) is 6.54 Å². The summed E-state index contributed by atoms with van der Waals surface area (Å²) in [6.07, 6.45) is 2.81. The molecular weight excluding hydrogens is 236 g/mol. The molecule has 0 saturated carbocycles. The average Bonchev–Trinajstić information content (AvgIpc) is 2.77. The molecule has 0 N–H and O–H groups in total. The second kappa shape index (κ2) is 5.54. The van der Waals surface area contributed by atoms with Crippen molar-refractivity contribution in [3.8, 4) is 12.1 Å². The second-order valence-corrected chi connectivity index (χ2v) is 4.84. The van der Waals surface area contributed by atoms with Crippen molar-refractivity contribution < 1.29 is 0 Å². The minimum atomic E-state index is -0.140. The zero-order valence-corrected chi connectivity index (χ0v) is 11.2. The van der Waals surface area contributed by atoms with Gasteiger partial charge in [0.15, 0.2) is 0 Å². The summed E-state index contributed by atoms with van der Waals surface area (Å²) in [6.45, 7) is 4.74. The summed E-state index contributed by atoms with van der Waals surface area (Å²) in [5.74, 6) is -0.140. The maximum absolute atomic E-state index is 9.13. The van der Waals surface area contributed by atoms with E-state index in [2.05, 4.69) is 43.1 Å². The number of hydrogen-bond acceptors (Lipinski definition) is 3. The van der Waals surface area contributed by atoms with Crippen LogP contribution in [0.2, 0.25) is 0 Å². The molecule has 2 aromatic rings. The number of aryl methyl sites for hydroxylation is 2. The fourth-order valence-corrected chi connectivity index (χ4v) is 2.13. The molecule has 19 heavy (non-hydrogen) atoms. The van der Waals surface area contributed by atoms with Gasteiger partial charge in [0.05, 0.1) is 35.4 Å². The Kier molecular flexibility index (Phi) is 3.82. The van der Waals surface area contributed by atoms with Gasteiger partial charge in [0.25, 0.3) is 0 Å². The Morgan fingerprint density at radius 2 is 2.00 bits per heavy atom. The highest BCUT2D eigenvalue weighted by molar-refractivity contribution is 5.77. The fourth-order valence-electron chi connectivity index (χ4n) is 2.13. The molecule has 0 bridgehead atoms. The van der Waals surface area contributed by atoms with Crippen molar-refractivity contribution in [1.29, 1.82) is 10.5 Å². The van der Waals surface area contributed by atoms with E-state index in [-0.39, 0.29) is 5.92 Å². The van der Waals surface area contributed by atoms with Crippen LogP contribution in [0.3, 0.4) is 0 Å². The number of fused-ring (bicyclic) bond motifs is 1. The third kappa shape index (κ3) is 2.74. The Morgan fingerprint density at radius 3 is 2.68 bits per heavy atom. The lowest BCUT2D eigenvalue weighted by atomic mass is 10.1. The van der Waals surface area contributed by atoms with Crippen molar-refractivity contribution in [1.82, 2.24) is 9.55 Å². The molecule has 0 unspecified atom stereocenters. The zero-order valence-electron chi connectivity index (χ0n) is 11.2. The highest BCUT2D eigenvalue weighted by Gasteiger charge is 2.11. The predicted octanol–water partition coefficient (Wildman–Crippen LogP) is 3.10. The van der Waals surface area contributed by atoms with Crippen LogP contribution >= 0.6 is 0 Å². The lowest BCUT2D eigenvalue weighted by Gasteiger charge is -2.09. The Morgan fingerprint density at radius 1 is 1.26 bits per heavy atom. The monoisotopic (exact) mass is 252 g/mol. The molecule has 96 valence electrons. The third-order valence-electron chi connectivity index (χ3n) is 3.44. The number of aromatic nitrogens is 2. The molecule has 2 rings (SSSR count). The third-order valence-corrected chi connectivity index (χ3v) is 3.44. The van der Waals surface area contributed by atoms with Crippen LogP contribution in [0.4, 0.5) is 0 Å². The van der Waals surface area contributed by atoms with Gasteiger partial charge in [0.1, 0.15) is 0 Å². The van der Waals surface area contributed by atoms with Gasteiger partial charge in [-0.05, 0) is 43.5 Å². The van der Waals surface area contributed by atoms with Crippen LogP contribution in [0.15, 0.2) is 18.5 Å². The molecule has 1 aromatic heterocycles. The zero-order chi connectivity index (χ0) is 13.8. The predicted molar refractivity (Wildman–Crippen MR) is 73.2 cm³/mol. The van der Waals surface area contributed by atoms with Crippen LogP contribution in [0, 0.1) is 42.4 Å². The summed E-state index contributed by atoms with van der Waals surface area (Å²) in [5, 5.41) is 17.7. The maximum Gasteiger partial charge on any atom is 0.0958 e. The molecule has 0 fully saturated rings. The molecule has 1 atom stereocenters. The van der Waals surface area contributed by atoms with Crippen LogP contribution in [-0.4, -0.2) is 9.55 Å². The molecule has 4 heteroatoms. The van der Waals surface area contributed by atoms with Crippen LogP contribution < -0.4 is 0 Å². The Bertz CT molecular complexity index is 670. The van der Waals surface area contributed by atoms with Gasteiger partial charge in [-0.15, -0.1) is 0 Å². The lowest BCUT2D eigenvalue weighted by molar-refractivity contribution is 0.519. The lowest BCUT2D eigenvalue weighted by Crippen LogP contribution is -2.08. The van der Waals surface area contributed by atoms with E-state index in [4.69, 9.17) is 10.5 Å². The van der Waals surface area contributed by atoms with E-state index in [1.165, 1.54) is 11.1 Å². The van der Waals surface area contributed by atoms with Crippen molar-refractivity contribution in [2.24, 2.45) is 5.92 Å². The number of nitrogens with zero attached hydrogens (tertiary/aromatic N) is 4. The Hall–Kier alpha value is -2.33. The summed E-state index contributed by atoms with van der Waals surface area (Å²) in [7, 11) is 0. The molecule has 1 heterocycles. The van der Waals surface area contributed by atoms with E-state index in [1.54, 1.807) is 6.33 Å². The number of imidazole rings is 1. The van der Waals surface area contributed by atoms with Crippen molar-refractivity contribution in [2.75, 3.05) is 0 Å².